The van der Waals surface area contributed by atoms with Gasteiger partial charge in [0.05, 0.1) is 26.1 Å². The fraction of sp³-hybridized carbons (Fsp3) is 0.182. The molecule has 1 heterocycles. The lowest BCUT2D eigenvalue weighted by Gasteiger charge is -2.12. The predicted molar refractivity (Wildman–Crippen MR) is 73.4 cm³/mol. The van der Waals surface area contributed by atoms with E-state index in [0.717, 1.165) is 6.20 Å². The Hall–Kier alpha value is -2.42. The number of rotatable bonds is 5. The molecule has 0 radical (unpaired) electrons. The monoisotopic (exact) mass is 298 g/mol. The van der Waals surface area contributed by atoms with E-state index in [-0.39, 0.29) is 16.4 Å². The molecule has 0 bridgehead atoms. The molecule has 2 aromatic rings. The number of methoxy groups -OCH3 is 2. The minimum Gasteiger partial charge on any atom is -0.497 e. The van der Waals surface area contributed by atoms with Crippen LogP contribution in [0.1, 0.15) is 0 Å². The van der Waals surface area contributed by atoms with Crippen molar-refractivity contribution in [1.82, 2.24) is 10.2 Å². The molecule has 4 N–H and O–H groups in total. The average Bonchev–Trinajstić information content (AvgIpc) is 2.86. The summed E-state index contributed by atoms with van der Waals surface area (Å²) in [6.45, 7) is 0. The number of sulfonamides is 1. The average molecular weight is 298 g/mol. The summed E-state index contributed by atoms with van der Waals surface area (Å²) in [7, 11) is -0.908. The fourth-order valence-corrected chi connectivity index (χ4v) is 2.68. The highest BCUT2D eigenvalue weighted by Crippen LogP contribution is 2.31. The molecule has 1 aromatic heterocycles. The minimum atomic E-state index is -3.84. The van der Waals surface area contributed by atoms with Crippen LogP contribution in [0.15, 0.2) is 29.3 Å². The summed E-state index contributed by atoms with van der Waals surface area (Å²) in [5.41, 5.74) is 5.78. The lowest BCUT2D eigenvalue weighted by molar-refractivity contribution is 0.395. The van der Waals surface area contributed by atoms with Crippen LogP contribution in [0.3, 0.4) is 0 Å². The zero-order valence-electron chi connectivity index (χ0n) is 10.9. The Morgan fingerprint density at radius 1 is 1.30 bits per heavy atom. The maximum Gasteiger partial charge on any atom is 0.267 e. The molecule has 0 aliphatic heterocycles. The summed E-state index contributed by atoms with van der Waals surface area (Å²) in [5.74, 6) is 0.840. The van der Waals surface area contributed by atoms with E-state index in [0.29, 0.717) is 11.5 Å². The second kappa shape index (κ2) is 5.29. The van der Waals surface area contributed by atoms with Crippen molar-refractivity contribution in [3.05, 3.63) is 24.4 Å². The summed E-state index contributed by atoms with van der Waals surface area (Å²) in [6.07, 6.45) is 1.13. The third kappa shape index (κ3) is 2.62. The molecule has 0 atom stereocenters. The van der Waals surface area contributed by atoms with Gasteiger partial charge >= 0.3 is 0 Å². The number of nitrogen functional groups attached to an aromatic ring is 1. The Balaban J connectivity index is 2.37. The number of nitrogens with two attached hydrogens (primary N) is 1. The van der Waals surface area contributed by atoms with Gasteiger partial charge in [-0.3, -0.25) is 9.82 Å². The lowest BCUT2D eigenvalue weighted by atomic mass is 10.3. The van der Waals surface area contributed by atoms with E-state index < -0.39 is 10.0 Å². The Kier molecular flexibility index (Phi) is 3.70. The van der Waals surface area contributed by atoms with Crippen LogP contribution in [0.25, 0.3) is 0 Å². The molecule has 2 rings (SSSR count). The maximum atomic E-state index is 12.2. The summed E-state index contributed by atoms with van der Waals surface area (Å²) < 4.78 is 36.9. The SMILES string of the molecule is COc1ccc(NS(=O)(=O)c2cn[nH]c2N)c(OC)c1. The van der Waals surface area contributed by atoms with Crippen LogP contribution < -0.4 is 19.9 Å². The van der Waals surface area contributed by atoms with Gasteiger partial charge in [0, 0.05) is 6.07 Å². The molecule has 0 fully saturated rings. The van der Waals surface area contributed by atoms with E-state index in [1.165, 1.54) is 20.3 Å². The van der Waals surface area contributed by atoms with Gasteiger partial charge in [0.15, 0.2) is 0 Å². The van der Waals surface area contributed by atoms with Gasteiger partial charge in [0.1, 0.15) is 22.2 Å². The highest BCUT2D eigenvalue weighted by Gasteiger charge is 2.21. The third-order valence-corrected chi connectivity index (χ3v) is 3.97. The molecule has 0 saturated heterocycles. The molecule has 8 nitrogen and oxygen atoms in total. The molecule has 0 aliphatic rings. The van der Waals surface area contributed by atoms with E-state index in [9.17, 15) is 8.42 Å². The Morgan fingerprint density at radius 2 is 2.05 bits per heavy atom. The van der Waals surface area contributed by atoms with Gasteiger partial charge in [-0.05, 0) is 12.1 Å². The quantitative estimate of drug-likeness (QED) is 0.751. The van der Waals surface area contributed by atoms with Crippen molar-refractivity contribution in [2.45, 2.75) is 4.90 Å². The molecular weight excluding hydrogens is 284 g/mol. The second-order valence-electron chi connectivity index (χ2n) is 3.82. The van der Waals surface area contributed by atoms with Gasteiger partial charge < -0.3 is 15.2 Å². The number of benzene rings is 1. The number of anilines is 2. The molecule has 0 spiro atoms. The van der Waals surface area contributed by atoms with Crippen LogP contribution in [0.4, 0.5) is 11.5 Å². The number of aromatic nitrogens is 2. The summed E-state index contributed by atoms with van der Waals surface area (Å²) in [6, 6.07) is 4.71. The largest absolute Gasteiger partial charge is 0.497 e. The minimum absolute atomic E-state index is 0.0371. The molecule has 0 unspecified atom stereocenters. The van der Waals surface area contributed by atoms with Crippen molar-refractivity contribution < 1.29 is 17.9 Å². The Morgan fingerprint density at radius 3 is 2.60 bits per heavy atom. The highest BCUT2D eigenvalue weighted by atomic mass is 32.2. The summed E-state index contributed by atoms with van der Waals surface area (Å²) in [5, 5.41) is 5.94. The standard InChI is InChI=1S/C11H14N4O4S/c1-18-7-3-4-8(9(5-7)19-2)15-20(16,17)10-6-13-14-11(10)12/h3-6,15H,1-2H3,(H3,12,13,14). The smallest absolute Gasteiger partial charge is 0.267 e. The fourth-order valence-electron chi connectivity index (χ4n) is 1.58. The molecule has 0 saturated carbocycles. The van der Waals surface area contributed by atoms with Crippen LogP contribution in [0.2, 0.25) is 0 Å². The first-order valence-corrected chi connectivity index (χ1v) is 7.00. The van der Waals surface area contributed by atoms with E-state index in [1.807, 2.05) is 0 Å². The van der Waals surface area contributed by atoms with Crippen LogP contribution in [-0.4, -0.2) is 32.8 Å². The number of H-pyrrole nitrogens is 1. The van der Waals surface area contributed by atoms with Gasteiger partial charge in [0.2, 0.25) is 0 Å². The predicted octanol–water partition coefficient (Wildman–Crippen LogP) is 0.810. The van der Waals surface area contributed by atoms with Crippen molar-refractivity contribution in [3.8, 4) is 11.5 Å². The number of ether oxygens (including phenoxy) is 2. The third-order valence-electron chi connectivity index (χ3n) is 2.57. The zero-order valence-corrected chi connectivity index (χ0v) is 11.7. The molecule has 1 aromatic carbocycles. The lowest BCUT2D eigenvalue weighted by Crippen LogP contribution is -2.14. The maximum absolute atomic E-state index is 12.2. The normalized spacial score (nSPS) is 11.1. The van der Waals surface area contributed by atoms with E-state index in [1.54, 1.807) is 12.1 Å². The van der Waals surface area contributed by atoms with Crippen LogP contribution in [-0.2, 0) is 10.0 Å². The Bertz CT molecular complexity index is 711. The van der Waals surface area contributed by atoms with Crippen LogP contribution >= 0.6 is 0 Å². The summed E-state index contributed by atoms with van der Waals surface area (Å²) in [4.78, 5) is -0.129. The van der Waals surface area contributed by atoms with E-state index in [2.05, 4.69) is 14.9 Å². The second-order valence-corrected chi connectivity index (χ2v) is 5.47. The van der Waals surface area contributed by atoms with Crippen molar-refractivity contribution >= 4 is 21.5 Å². The molecule has 108 valence electrons. The molecule has 0 amide bonds. The van der Waals surface area contributed by atoms with Crippen molar-refractivity contribution in [2.24, 2.45) is 0 Å². The van der Waals surface area contributed by atoms with Gasteiger partial charge in [-0.25, -0.2) is 8.42 Å². The van der Waals surface area contributed by atoms with Crippen molar-refractivity contribution in [1.29, 1.82) is 0 Å². The first-order valence-electron chi connectivity index (χ1n) is 5.51. The molecular formula is C11H14N4O4S. The molecule has 9 heteroatoms. The van der Waals surface area contributed by atoms with Gasteiger partial charge in [-0.15, -0.1) is 0 Å². The van der Waals surface area contributed by atoms with Gasteiger partial charge in [0.25, 0.3) is 10.0 Å². The number of nitrogens with one attached hydrogen (secondary N) is 2. The number of hydrogen-bond acceptors (Lipinski definition) is 6. The first-order chi connectivity index (χ1) is 9.47. The zero-order chi connectivity index (χ0) is 14.8. The highest BCUT2D eigenvalue weighted by molar-refractivity contribution is 7.92. The number of hydrogen-bond donors (Lipinski definition) is 3. The molecule has 0 aliphatic carbocycles. The van der Waals surface area contributed by atoms with E-state index in [4.69, 9.17) is 15.2 Å². The van der Waals surface area contributed by atoms with Crippen molar-refractivity contribution in [3.63, 3.8) is 0 Å². The topological polar surface area (TPSA) is 119 Å². The van der Waals surface area contributed by atoms with E-state index >= 15 is 0 Å². The van der Waals surface area contributed by atoms with Gasteiger partial charge in [-0.2, -0.15) is 5.10 Å². The summed E-state index contributed by atoms with van der Waals surface area (Å²) >= 11 is 0. The first kappa shape index (κ1) is 14.0. The Labute approximate surface area is 115 Å². The van der Waals surface area contributed by atoms with Crippen LogP contribution in [0.5, 0.6) is 11.5 Å². The molecule has 20 heavy (non-hydrogen) atoms. The van der Waals surface area contributed by atoms with Crippen LogP contribution in [0, 0.1) is 0 Å². The number of nitrogens with zero attached hydrogens (tertiary/aromatic N) is 1. The number of aromatic amines is 1. The van der Waals surface area contributed by atoms with Crippen molar-refractivity contribution in [2.75, 3.05) is 24.7 Å². The van der Waals surface area contributed by atoms with Gasteiger partial charge in [-0.1, -0.05) is 0 Å².